The molecule has 0 aromatic carbocycles. The highest BCUT2D eigenvalue weighted by atomic mass is 32.2. The minimum Gasteiger partial charge on any atom is -0.384 e. The van der Waals surface area contributed by atoms with Crippen LogP contribution in [0.2, 0.25) is 0 Å². The molecule has 0 unspecified atom stereocenters. The number of aromatic nitrogens is 3. The maximum atomic E-state index is 7.40. The molecule has 0 saturated carbocycles. The van der Waals surface area contributed by atoms with Crippen LogP contribution < -0.4 is 5.73 Å². The van der Waals surface area contributed by atoms with Gasteiger partial charge in [0.1, 0.15) is 17.2 Å². The van der Waals surface area contributed by atoms with Gasteiger partial charge in [-0.05, 0) is 35.4 Å². The Labute approximate surface area is 94.4 Å². The van der Waals surface area contributed by atoms with E-state index in [0.29, 0.717) is 10.6 Å². The third-order valence-corrected chi connectivity index (χ3v) is 3.32. The Bertz CT molecular complexity index is 468. The topological polar surface area (TPSA) is 88.5 Å². The Balaban J connectivity index is 2.32. The van der Waals surface area contributed by atoms with E-state index in [1.54, 1.807) is 18.3 Å². The number of nitrogens with two attached hydrogens (primary N) is 1. The molecule has 0 saturated heterocycles. The number of nitrogen functional groups attached to an aromatic ring is 1. The van der Waals surface area contributed by atoms with Crippen molar-refractivity contribution < 1.29 is 0 Å². The maximum Gasteiger partial charge on any atom is 0.176 e. The van der Waals surface area contributed by atoms with E-state index < -0.39 is 0 Å². The molecule has 0 fully saturated rings. The highest BCUT2D eigenvalue weighted by Crippen LogP contribution is 2.28. The van der Waals surface area contributed by atoms with Gasteiger partial charge in [-0.1, -0.05) is 0 Å². The highest BCUT2D eigenvalue weighted by molar-refractivity contribution is 8.01. The Morgan fingerprint density at radius 2 is 2.33 bits per heavy atom. The van der Waals surface area contributed by atoms with Crippen molar-refractivity contribution in [3.8, 4) is 0 Å². The van der Waals surface area contributed by atoms with Gasteiger partial charge >= 0.3 is 0 Å². The highest BCUT2D eigenvalue weighted by Gasteiger charge is 2.09. The largest absolute Gasteiger partial charge is 0.384 e. The van der Waals surface area contributed by atoms with Gasteiger partial charge in [0.15, 0.2) is 4.34 Å². The predicted octanol–water partition coefficient (Wildman–Crippen LogP) is 1.37. The quantitative estimate of drug-likeness (QED) is 0.621. The van der Waals surface area contributed by atoms with Crippen LogP contribution in [0.4, 0.5) is 0 Å². The number of hydrogen-bond acceptors (Lipinski definition) is 6. The van der Waals surface area contributed by atoms with E-state index in [2.05, 4.69) is 14.3 Å². The van der Waals surface area contributed by atoms with Crippen molar-refractivity contribution in [3.05, 3.63) is 30.2 Å². The van der Waals surface area contributed by atoms with E-state index in [0.717, 1.165) is 4.34 Å². The molecule has 0 atom stereocenters. The summed E-state index contributed by atoms with van der Waals surface area (Å²) in [4.78, 5) is 8.19. The van der Waals surface area contributed by atoms with Crippen LogP contribution in [0.5, 0.6) is 0 Å². The molecule has 2 heterocycles. The monoisotopic (exact) mass is 237 g/mol. The molecule has 0 bridgehead atoms. The summed E-state index contributed by atoms with van der Waals surface area (Å²) in [6.45, 7) is 0. The van der Waals surface area contributed by atoms with E-state index in [9.17, 15) is 0 Å². The SMILES string of the molecule is N=C(N)c1cccnc1Sc1ncns1. The number of amidine groups is 1. The Morgan fingerprint density at radius 3 is 3.00 bits per heavy atom. The van der Waals surface area contributed by atoms with Crippen molar-refractivity contribution in [2.75, 3.05) is 0 Å². The molecule has 3 N–H and O–H groups in total. The number of pyridine rings is 1. The molecular weight excluding hydrogens is 230 g/mol. The molecule has 7 heteroatoms. The van der Waals surface area contributed by atoms with Crippen LogP contribution in [0.25, 0.3) is 0 Å². The van der Waals surface area contributed by atoms with Crippen LogP contribution in [0.1, 0.15) is 5.56 Å². The zero-order valence-corrected chi connectivity index (χ0v) is 9.18. The number of nitrogens with zero attached hydrogens (tertiary/aromatic N) is 3. The van der Waals surface area contributed by atoms with Gasteiger partial charge in [0, 0.05) is 11.8 Å². The Morgan fingerprint density at radius 1 is 1.47 bits per heavy atom. The first-order chi connectivity index (χ1) is 7.27. The smallest absolute Gasteiger partial charge is 0.176 e. The molecule has 2 rings (SSSR count). The van der Waals surface area contributed by atoms with E-state index in [-0.39, 0.29) is 5.84 Å². The van der Waals surface area contributed by atoms with Crippen LogP contribution in [0.3, 0.4) is 0 Å². The lowest BCUT2D eigenvalue weighted by atomic mass is 10.3. The second kappa shape index (κ2) is 4.37. The lowest BCUT2D eigenvalue weighted by molar-refractivity contribution is 1.10. The summed E-state index contributed by atoms with van der Waals surface area (Å²) in [7, 11) is 0. The van der Waals surface area contributed by atoms with Crippen molar-refractivity contribution in [1.29, 1.82) is 5.41 Å². The summed E-state index contributed by atoms with van der Waals surface area (Å²) in [5.41, 5.74) is 6.06. The molecule has 5 nitrogen and oxygen atoms in total. The van der Waals surface area contributed by atoms with Crippen LogP contribution in [0, 0.1) is 5.41 Å². The first kappa shape index (κ1) is 10.1. The molecule has 0 aliphatic rings. The van der Waals surface area contributed by atoms with E-state index in [1.165, 1.54) is 29.6 Å². The molecule has 0 spiro atoms. The molecule has 0 radical (unpaired) electrons. The van der Waals surface area contributed by atoms with Gasteiger partial charge in [-0.2, -0.15) is 4.37 Å². The molecule has 15 heavy (non-hydrogen) atoms. The second-order valence-electron chi connectivity index (χ2n) is 2.58. The standard InChI is InChI=1S/C8H7N5S2/c9-6(10)5-2-1-3-11-7(5)14-8-12-4-13-15-8/h1-4H,(H3,9,10). The predicted molar refractivity (Wildman–Crippen MR) is 59.3 cm³/mol. The summed E-state index contributed by atoms with van der Waals surface area (Å²) in [6, 6.07) is 3.51. The molecule has 2 aromatic heterocycles. The van der Waals surface area contributed by atoms with Crippen molar-refractivity contribution in [3.63, 3.8) is 0 Å². The minimum atomic E-state index is 0.00937. The fraction of sp³-hybridized carbons (Fsp3) is 0. The summed E-state index contributed by atoms with van der Waals surface area (Å²) in [5.74, 6) is 0.00937. The summed E-state index contributed by atoms with van der Waals surface area (Å²) in [5, 5.41) is 8.08. The fourth-order valence-corrected chi connectivity index (χ4v) is 2.43. The third kappa shape index (κ3) is 2.31. The normalized spacial score (nSPS) is 10.1. The first-order valence-corrected chi connectivity index (χ1v) is 5.60. The third-order valence-electron chi connectivity index (χ3n) is 1.59. The summed E-state index contributed by atoms with van der Waals surface area (Å²) in [6.07, 6.45) is 3.15. The van der Waals surface area contributed by atoms with Crippen molar-refractivity contribution in [2.24, 2.45) is 5.73 Å². The second-order valence-corrected chi connectivity index (χ2v) is 4.60. The summed E-state index contributed by atoms with van der Waals surface area (Å²) < 4.78 is 4.68. The molecule has 2 aromatic rings. The lowest BCUT2D eigenvalue weighted by Gasteiger charge is -2.03. The molecular formula is C8H7N5S2. The zero-order valence-electron chi connectivity index (χ0n) is 7.54. The van der Waals surface area contributed by atoms with Crippen LogP contribution >= 0.6 is 23.3 Å². The number of hydrogen-bond donors (Lipinski definition) is 2. The van der Waals surface area contributed by atoms with Crippen molar-refractivity contribution in [1.82, 2.24) is 14.3 Å². The van der Waals surface area contributed by atoms with E-state index in [4.69, 9.17) is 11.1 Å². The van der Waals surface area contributed by atoms with Gasteiger partial charge in [0.25, 0.3) is 0 Å². The van der Waals surface area contributed by atoms with E-state index in [1.807, 2.05) is 0 Å². The van der Waals surface area contributed by atoms with Gasteiger partial charge in [-0.25, -0.2) is 9.97 Å². The van der Waals surface area contributed by atoms with Crippen molar-refractivity contribution >= 4 is 29.1 Å². The van der Waals surface area contributed by atoms with Gasteiger partial charge in [0.05, 0.1) is 0 Å². The average molecular weight is 237 g/mol. The van der Waals surface area contributed by atoms with Gasteiger partial charge < -0.3 is 5.73 Å². The minimum absolute atomic E-state index is 0.00937. The Kier molecular flexibility index (Phi) is 2.93. The van der Waals surface area contributed by atoms with Crippen LogP contribution in [0.15, 0.2) is 34.0 Å². The fourth-order valence-electron chi connectivity index (χ4n) is 0.968. The number of nitrogens with one attached hydrogen (secondary N) is 1. The van der Waals surface area contributed by atoms with Gasteiger partial charge in [-0.15, -0.1) is 0 Å². The molecule has 0 aliphatic heterocycles. The Hall–Kier alpha value is -1.47. The van der Waals surface area contributed by atoms with E-state index >= 15 is 0 Å². The molecule has 0 aliphatic carbocycles. The maximum absolute atomic E-state index is 7.40. The molecule has 0 amide bonds. The lowest BCUT2D eigenvalue weighted by Crippen LogP contribution is -2.12. The average Bonchev–Trinajstić information content (AvgIpc) is 2.71. The first-order valence-electron chi connectivity index (χ1n) is 4.01. The van der Waals surface area contributed by atoms with Crippen LogP contribution in [-0.2, 0) is 0 Å². The van der Waals surface area contributed by atoms with Gasteiger partial charge in [0.2, 0.25) is 0 Å². The van der Waals surface area contributed by atoms with Crippen molar-refractivity contribution in [2.45, 2.75) is 9.37 Å². The number of rotatable bonds is 3. The van der Waals surface area contributed by atoms with Gasteiger partial charge in [-0.3, -0.25) is 5.41 Å². The zero-order chi connectivity index (χ0) is 10.7. The molecule has 76 valence electrons. The summed E-state index contributed by atoms with van der Waals surface area (Å²) >= 11 is 2.65. The van der Waals surface area contributed by atoms with Crippen LogP contribution in [-0.4, -0.2) is 20.2 Å².